The van der Waals surface area contributed by atoms with E-state index in [9.17, 15) is 5.11 Å². The smallest absolute Gasteiger partial charge is 0.147 e. The molecule has 0 fully saturated rings. The van der Waals surface area contributed by atoms with Gasteiger partial charge >= 0.3 is 0 Å². The Bertz CT molecular complexity index is 317. The van der Waals surface area contributed by atoms with Gasteiger partial charge in [0.1, 0.15) is 20.3 Å². The summed E-state index contributed by atoms with van der Waals surface area (Å²) in [4.78, 5) is 0. The van der Waals surface area contributed by atoms with Crippen molar-refractivity contribution in [3.8, 4) is 11.5 Å². The Morgan fingerprint density at radius 3 is 2.38 bits per heavy atom. The molecule has 0 saturated carbocycles. The normalized spacial score (nSPS) is 30.1. The molecule has 1 aliphatic rings. The second kappa shape index (κ2) is 5.18. The van der Waals surface area contributed by atoms with Crippen molar-refractivity contribution in [1.29, 1.82) is 0 Å². The van der Waals surface area contributed by atoms with Gasteiger partial charge in [0.2, 0.25) is 0 Å². The highest BCUT2D eigenvalue weighted by Crippen LogP contribution is 2.18. The molecule has 0 aliphatic carbocycles. The van der Waals surface area contributed by atoms with Crippen LogP contribution in [-0.4, -0.2) is 31.5 Å². The fraction of sp³-hybridized carbons (Fsp3) is 0.692. The average Bonchev–Trinajstić information content (AvgIpc) is 2.14. The van der Waals surface area contributed by atoms with Gasteiger partial charge in [0, 0.05) is 0 Å². The van der Waals surface area contributed by atoms with Crippen LogP contribution in [0, 0.1) is 17.4 Å². The van der Waals surface area contributed by atoms with Gasteiger partial charge in [0.25, 0.3) is 0 Å². The van der Waals surface area contributed by atoms with Crippen molar-refractivity contribution >= 4 is 8.07 Å². The molecule has 0 radical (unpaired) electrons. The van der Waals surface area contributed by atoms with Crippen LogP contribution in [0.3, 0.4) is 0 Å². The average molecular weight is 238 g/mol. The highest BCUT2D eigenvalue weighted by molar-refractivity contribution is 6.83. The topological polar surface area (TPSA) is 29.5 Å². The van der Waals surface area contributed by atoms with Crippen molar-refractivity contribution in [2.45, 2.75) is 51.8 Å². The molecule has 1 heterocycles. The Morgan fingerprint density at radius 2 is 1.88 bits per heavy atom. The second-order valence-corrected chi connectivity index (χ2v) is 10.4. The van der Waals surface area contributed by atoms with Crippen LogP contribution in [0.5, 0.6) is 0 Å². The molecule has 0 amide bonds. The van der Waals surface area contributed by atoms with Crippen LogP contribution >= 0.6 is 0 Å². The number of aliphatic hydroxyl groups is 1. The number of ether oxygens (including phenoxy) is 1. The first-order valence-corrected chi connectivity index (χ1v) is 9.34. The molecule has 0 unspecified atom stereocenters. The van der Waals surface area contributed by atoms with Crippen LogP contribution in [0.2, 0.25) is 19.6 Å². The molecule has 1 rings (SSSR count). The summed E-state index contributed by atoms with van der Waals surface area (Å²) in [6.45, 7) is 10.8. The van der Waals surface area contributed by atoms with E-state index in [2.05, 4.69) is 45.0 Å². The van der Waals surface area contributed by atoms with Gasteiger partial charge < -0.3 is 9.84 Å². The lowest BCUT2D eigenvalue weighted by Crippen LogP contribution is -2.36. The molecule has 2 nitrogen and oxygen atoms in total. The highest BCUT2D eigenvalue weighted by Gasteiger charge is 2.25. The third-order valence-electron chi connectivity index (χ3n) is 2.36. The SMILES string of the molecule is CC(C)[C@@H]1C=C[C@@H](O)[C@@H](C#C[Si](C)(C)C)O1. The molecular weight excluding hydrogens is 216 g/mol. The van der Waals surface area contributed by atoms with E-state index >= 15 is 0 Å². The van der Waals surface area contributed by atoms with Crippen molar-refractivity contribution in [3.63, 3.8) is 0 Å². The summed E-state index contributed by atoms with van der Waals surface area (Å²) in [7, 11) is -1.40. The van der Waals surface area contributed by atoms with Gasteiger partial charge in [-0.2, -0.15) is 0 Å². The maximum absolute atomic E-state index is 9.77. The third-order valence-corrected chi connectivity index (χ3v) is 3.25. The van der Waals surface area contributed by atoms with Gasteiger partial charge in [-0.05, 0) is 5.92 Å². The van der Waals surface area contributed by atoms with E-state index in [-0.39, 0.29) is 12.2 Å². The first-order valence-electron chi connectivity index (χ1n) is 5.84. The van der Waals surface area contributed by atoms with Gasteiger partial charge in [-0.25, -0.2) is 0 Å². The van der Waals surface area contributed by atoms with E-state index in [0.717, 1.165) is 0 Å². The highest BCUT2D eigenvalue weighted by atomic mass is 28.3. The molecule has 16 heavy (non-hydrogen) atoms. The monoisotopic (exact) mass is 238 g/mol. The lowest BCUT2D eigenvalue weighted by Gasteiger charge is -2.28. The van der Waals surface area contributed by atoms with E-state index in [4.69, 9.17) is 4.74 Å². The Kier molecular flexibility index (Phi) is 4.37. The van der Waals surface area contributed by atoms with Crippen molar-refractivity contribution < 1.29 is 9.84 Å². The van der Waals surface area contributed by atoms with Gasteiger partial charge in [0.15, 0.2) is 0 Å². The summed E-state index contributed by atoms with van der Waals surface area (Å²) in [5.41, 5.74) is 3.25. The van der Waals surface area contributed by atoms with Crippen molar-refractivity contribution in [3.05, 3.63) is 12.2 Å². The molecule has 1 N–H and O–H groups in total. The molecule has 0 aromatic rings. The van der Waals surface area contributed by atoms with Gasteiger partial charge in [0.05, 0.1) is 6.10 Å². The predicted octanol–water partition coefficient (Wildman–Crippen LogP) is 2.21. The molecule has 0 bridgehead atoms. The zero-order chi connectivity index (χ0) is 12.3. The summed E-state index contributed by atoms with van der Waals surface area (Å²) >= 11 is 0. The van der Waals surface area contributed by atoms with Crippen LogP contribution in [0.25, 0.3) is 0 Å². The molecule has 0 aromatic carbocycles. The minimum atomic E-state index is -1.40. The molecule has 3 atom stereocenters. The molecule has 3 heteroatoms. The lowest BCUT2D eigenvalue weighted by molar-refractivity contribution is -0.0409. The first kappa shape index (κ1) is 13.5. The Balaban J connectivity index is 2.74. The quantitative estimate of drug-likeness (QED) is 0.431. The van der Waals surface area contributed by atoms with E-state index in [1.807, 2.05) is 6.08 Å². The van der Waals surface area contributed by atoms with E-state index in [1.54, 1.807) is 6.08 Å². The third kappa shape index (κ3) is 4.13. The summed E-state index contributed by atoms with van der Waals surface area (Å²) < 4.78 is 5.77. The fourth-order valence-electron chi connectivity index (χ4n) is 1.41. The standard InChI is InChI=1S/C13H22O2Si/c1-10(2)12-7-6-11(14)13(15-12)8-9-16(3,4)5/h6-7,10-14H,1-5H3/t11-,12+,13-/m1/s1. The van der Waals surface area contributed by atoms with Crippen LogP contribution in [0.4, 0.5) is 0 Å². The fourth-order valence-corrected chi connectivity index (χ4v) is 1.98. The summed E-state index contributed by atoms with van der Waals surface area (Å²) in [6, 6.07) is 0. The second-order valence-electron chi connectivity index (χ2n) is 5.66. The molecule has 90 valence electrons. The first-order chi connectivity index (χ1) is 7.29. The minimum absolute atomic E-state index is 0.0735. The maximum atomic E-state index is 9.77. The van der Waals surface area contributed by atoms with Crippen LogP contribution in [-0.2, 0) is 4.74 Å². The number of hydrogen-bond donors (Lipinski definition) is 1. The molecular formula is C13H22O2Si. The number of aliphatic hydroxyl groups excluding tert-OH is 1. The molecule has 1 aliphatic heterocycles. The molecule has 0 aromatic heterocycles. The lowest BCUT2D eigenvalue weighted by atomic mass is 10.0. The Morgan fingerprint density at radius 1 is 1.25 bits per heavy atom. The summed E-state index contributed by atoms with van der Waals surface area (Å²) in [5.74, 6) is 3.50. The van der Waals surface area contributed by atoms with Crippen LogP contribution in [0.15, 0.2) is 12.2 Å². The zero-order valence-corrected chi connectivity index (χ0v) is 11.8. The summed E-state index contributed by atoms with van der Waals surface area (Å²) in [6.07, 6.45) is 2.87. The van der Waals surface area contributed by atoms with Crippen LogP contribution < -0.4 is 0 Å². The van der Waals surface area contributed by atoms with Gasteiger partial charge in [-0.3, -0.25) is 0 Å². The van der Waals surface area contributed by atoms with E-state index in [0.29, 0.717) is 5.92 Å². The summed E-state index contributed by atoms with van der Waals surface area (Å²) in [5, 5.41) is 9.77. The van der Waals surface area contributed by atoms with E-state index < -0.39 is 14.2 Å². The maximum Gasteiger partial charge on any atom is 0.147 e. The zero-order valence-electron chi connectivity index (χ0n) is 10.8. The largest absolute Gasteiger partial charge is 0.385 e. The van der Waals surface area contributed by atoms with Crippen molar-refractivity contribution in [2.24, 2.45) is 5.92 Å². The van der Waals surface area contributed by atoms with E-state index in [1.165, 1.54) is 0 Å². The van der Waals surface area contributed by atoms with Gasteiger partial charge in [-0.15, -0.1) is 5.54 Å². The van der Waals surface area contributed by atoms with Crippen LogP contribution in [0.1, 0.15) is 13.8 Å². The van der Waals surface area contributed by atoms with Crippen molar-refractivity contribution in [2.75, 3.05) is 0 Å². The minimum Gasteiger partial charge on any atom is -0.385 e. The Hall–Kier alpha value is -0.563. The Labute approximate surface area is 99.7 Å². The predicted molar refractivity (Wildman–Crippen MR) is 69.8 cm³/mol. The molecule has 0 spiro atoms. The van der Waals surface area contributed by atoms with Crippen molar-refractivity contribution in [1.82, 2.24) is 0 Å². The number of hydrogen-bond acceptors (Lipinski definition) is 2. The molecule has 0 saturated heterocycles. The number of rotatable bonds is 1. The van der Waals surface area contributed by atoms with Gasteiger partial charge in [-0.1, -0.05) is 51.6 Å².